The molecule has 1 unspecified atom stereocenters. The number of amides is 1. The third-order valence-electron chi connectivity index (χ3n) is 3.55. The van der Waals surface area contributed by atoms with Gasteiger partial charge in [-0.15, -0.1) is 11.3 Å². The Labute approximate surface area is 150 Å². The molecule has 1 amide bonds. The van der Waals surface area contributed by atoms with Crippen molar-refractivity contribution in [2.24, 2.45) is 0 Å². The highest BCUT2D eigenvalue weighted by molar-refractivity contribution is 9.10. The van der Waals surface area contributed by atoms with Crippen LogP contribution in [0, 0.1) is 0 Å². The molecule has 2 heterocycles. The molecule has 0 saturated heterocycles. The molecule has 0 aliphatic heterocycles. The van der Waals surface area contributed by atoms with Crippen molar-refractivity contribution in [1.82, 2.24) is 5.32 Å². The number of hydrogen-bond donors (Lipinski definition) is 2. The van der Waals surface area contributed by atoms with Gasteiger partial charge in [0.2, 0.25) is 0 Å². The van der Waals surface area contributed by atoms with Gasteiger partial charge >= 0.3 is 0 Å². The lowest BCUT2D eigenvalue weighted by Crippen LogP contribution is -2.41. The van der Waals surface area contributed by atoms with Crippen molar-refractivity contribution in [2.45, 2.75) is 5.60 Å². The minimum atomic E-state index is -1.22. The second-order valence-electron chi connectivity index (χ2n) is 5.01. The van der Waals surface area contributed by atoms with Crippen LogP contribution >= 0.6 is 38.6 Å². The molecular formula is C17H14BrNO2S2. The molecule has 0 radical (unpaired) electrons. The molecule has 3 nitrogen and oxygen atoms in total. The molecule has 118 valence electrons. The average Bonchev–Trinajstić information content (AvgIpc) is 3.25. The number of nitrogens with one attached hydrogen (secondary N) is 1. The SMILES string of the molecule is O=C(NCC(O)(c1ccsc1)c1cccs1)c1ccccc1Br. The standard InChI is InChI=1S/C17H14BrNO2S2/c18-14-5-2-1-4-13(14)16(20)19-11-17(21,12-7-9-22-10-12)15-6-3-8-23-15/h1-10,21H,11H2,(H,19,20). The molecule has 0 saturated carbocycles. The van der Waals surface area contributed by atoms with Crippen molar-refractivity contribution in [1.29, 1.82) is 0 Å². The zero-order valence-electron chi connectivity index (χ0n) is 12.0. The van der Waals surface area contributed by atoms with Crippen molar-refractivity contribution < 1.29 is 9.90 Å². The van der Waals surface area contributed by atoms with E-state index in [2.05, 4.69) is 21.2 Å². The summed E-state index contributed by atoms with van der Waals surface area (Å²) < 4.78 is 0.729. The largest absolute Gasteiger partial charge is 0.378 e. The molecule has 2 aromatic heterocycles. The maximum absolute atomic E-state index is 12.4. The van der Waals surface area contributed by atoms with Crippen LogP contribution in [0.15, 0.2) is 63.1 Å². The number of carbonyl (C=O) groups is 1. The van der Waals surface area contributed by atoms with Gasteiger partial charge in [0, 0.05) is 14.9 Å². The number of thiophene rings is 2. The van der Waals surface area contributed by atoms with E-state index < -0.39 is 5.60 Å². The predicted octanol–water partition coefficient (Wildman–Crippen LogP) is 4.24. The highest BCUT2D eigenvalue weighted by Crippen LogP contribution is 2.33. The summed E-state index contributed by atoms with van der Waals surface area (Å²) in [5.41, 5.74) is 0.120. The van der Waals surface area contributed by atoms with Crippen LogP contribution in [0.5, 0.6) is 0 Å². The minimum absolute atomic E-state index is 0.115. The maximum Gasteiger partial charge on any atom is 0.252 e. The van der Waals surface area contributed by atoms with Gasteiger partial charge in [0.15, 0.2) is 0 Å². The van der Waals surface area contributed by atoms with Crippen LogP contribution in [0.25, 0.3) is 0 Å². The molecule has 3 rings (SSSR count). The van der Waals surface area contributed by atoms with Gasteiger partial charge in [-0.3, -0.25) is 4.79 Å². The zero-order chi connectivity index (χ0) is 16.3. The molecule has 6 heteroatoms. The first-order chi connectivity index (χ1) is 11.1. The smallest absolute Gasteiger partial charge is 0.252 e. The van der Waals surface area contributed by atoms with Gasteiger partial charge in [0.1, 0.15) is 5.60 Å². The second-order valence-corrected chi connectivity index (χ2v) is 7.59. The first kappa shape index (κ1) is 16.4. The van der Waals surface area contributed by atoms with E-state index in [1.54, 1.807) is 6.07 Å². The lowest BCUT2D eigenvalue weighted by molar-refractivity contribution is 0.0720. The summed E-state index contributed by atoms with van der Waals surface area (Å²) in [5.74, 6) is -0.220. The van der Waals surface area contributed by atoms with Crippen molar-refractivity contribution >= 4 is 44.5 Å². The lowest BCUT2D eigenvalue weighted by atomic mass is 9.94. The first-order valence-corrected chi connectivity index (χ1v) is 9.54. The van der Waals surface area contributed by atoms with Crippen LogP contribution in [0.3, 0.4) is 0 Å². The lowest BCUT2D eigenvalue weighted by Gasteiger charge is -2.27. The molecule has 2 N–H and O–H groups in total. The molecule has 1 aromatic carbocycles. The number of benzene rings is 1. The highest BCUT2D eigenvalue weighted by atomic mass is 79.9. The van der Waals surface area contributed by atoms with Crippen LogP contribution in [0.1, 0.15) is 20.8 Å². The summed E-state index contributed by atoms with van der Waals surface area (Å²) in [6, 6.07) is 12.9. The van der Waals surface area contributed by atoms with E-state index in [0.717, 1.165) is 14.9 Å². The third kappa shape index (κ3) is 3.40. The molecule has 0 bridgehead atoms. The topological polar surface area (TPSA) is 49.3 Å². The second kappa shape index (κ2) is 6.97. The molecule has 0 fully saturated rings. The summed E-state index contributed by atoms with van der Waals surface area (Å²) in [7, 11) is 0. The van der Waals surface area contributed by atoms with Gasteiger partial charge in [0.05, 0.1) is 12.1 Å². The zero-order valence-corrected chi connectivity index (χ0v) is 15.2. The predicted molar refractivity (Wildman–Crippen MR) is 98.1 cm³/mol. The van der Waals surface area contributed by atoms with E-state index in [-0.39, 0.29) is 12.5 Å². The Morgan fingerprint density at radius 1 is 1.17 bits per heavy atom. The summed E-state index contributed by atoms with van der Waals surface area (Å²) in [4.78, 5) is 13.2. The number of rotatable bonds is 5. The number of hydrogen-bond acceptors (Lipinski definition) is 4. The van der Waals surface area contributed by atoms with E-state index in [1.807, 2.05) is 52.5 Å². The van der Waals surface area contributed by atoms with Crippen molar-refractivity contribution in [2.75, 3.05) is 6.54 Å². The fourth-order valence-electron chi connectivity index (χ4n) is 2.29. The Bertz CT molecular complexity index is 751. The molecule has 1 atom stereocenters. The molecule has 3 aromatic rings. The van der Waals surface area contributed by atoms with Crippen LogP contribution in [-0.2, 0) is 5.60 Å². The van der Waals surface area contributed by atoms with E-state index in [9.17, 15) is 9.90 Å². The third-order valence-corrected chi connectivity index (χ3v) is 5.95. The Hall–Kier alpha value is -1.47. The summed E-state index contributed by atoms with van der Waals surface area (Å²) in [6.45, 7) is 0.115. The Morgan fingerprint density at radius 3 is 2.65 bits per heavy atom. The quantitative estimate of drug-likeness (QED) is 0.664. The summed E-state index contributed by atoms with van der Waals surface area (Å²) in [5, 5.41) is 19.8. The van der Waals surface area contributed by atoms with E-state index in [4.69, 9.17) is 0 Å². The summed E-state index contributed by atoms with van der Waals surface area (Å²) >= 11 is 6.37. The average molecular weight is 408 g/mol. The highest BCUT2D eigenvalue weighted by Gasteiger charge is 2.33. The molecule has 0 spiro atoms. The Kier molecular flexibility index (Phi) is 4.96. The van der Waals surface area contributed by atoms with Crippen LogP contribution in [-0.4, -0.2) is 17.6 Å². The van der Waals surface area contributed by atoms with Gasteiger partial charge in [-0.25, -0.2) is 0 Å². The minimum Gasteiger partial charge on any atom is -0.378 e. The van der Waals surface area contributed by atoms with Crippen LogP contribution in [0.2, 0.25) is 0 Å². The summed E-state index contributed by atoms with van der Waals surface area (Å²) in [6.07, 6.45) is 0. The Morgan fingerprint density at radius 2 is 2.00 bits per heavy atom. The van der Waals surface area contributed by atoms with Gasteiger partial charge in [0.25, 0.3) is 5.91 Å². The molecule has 0 aliphatic carbocycles. The maximum atomic E-state index is 12.4. The Balaban J connectivity index is 1.84. The van der Waals surface area contributed by atoms with Gasteiger partial charge in [-0.2, -0.15) is 11.3 Å². The van der Waals surface area contributed by atoms with E-state index in [0.29, 0.717) is 5.56 Å². The number of carbonyl (C=O) groups excluding carboxylic acids is 1. The van der Waals surface area contributed by atoms with Crippen molar-refractivity contribution in [3.05, 3.63) is 79.1 Å². The molecule has 0 aliphatic rings. The van der Waals surface area contributed by atoms with Gasteiger partial charge in [-0.1, -0.05) is 18.2 Å². The van der Waals surface area contributed by atoms with Crippen molar-refractivity contribution in [3.63, 3.8) is 0 Å². The normalized spacial score (nSPS) is 13.5. The number of aliphatic hydroxyl groups is 1. The van der Waals surface area contributed by atoms with Crippen LogP contribution < -0.4 is 5.32 Å². The number of halogens is 1. The van der Waals surface area contributed by atoms with Gasteiger partial charge in [-0.05, 0) is 56.3 Å². The first-order valence-electron chi connectivity index (χ1n) is 6.93. The monoisotopic (exact) mass is 407 g/mol. The molecular weight excluding hydrogens is 394 g/mol. The van der Waals surface area contributed by atoms with Crippen LogP contribution in [0.4, 0.5) is 0 Å². The van der Waals surface area contributed by atoms with Crippen molar-refractivity contribution in [3.8, 4) is 0 Å². The molecule has 23 heavy (non-hydrogen) atoms. The fraction of sp³-hybridized carbons (Fsp3) is 0.118. The van der Waals surface area contributed by atoms with Gasteiger partial charge < -0.3 is 10.4 Å². The fourth-order valence-corrected chi connectivity index (χ4v) is 4.33. The van der Waals surface area contributed by atoms with E-state index >= 15 is 0 Å². The van der Waals surface area contributed by atoms with E-state index in [1.165, 1.54) is 22.7 Å².